The molecule has 2 aromatic rings. The molecule has 1 fully saturated rings. The standard InChI is InChI=1S/C14H19N5O6.CH3Cl.S5/c1-5(2)11(23)17-14-16-10-7(12(24)18-14)15-4-19(10)13-9(22)8(21)6(3-20)25-13;1-2;1-3-5-4-2/h4-6,8-9,13,20-22H,3H2,1-2H3,(H2,16,17,18,23,24);1H3;/t6-,8?,9+,13-;;/m1../s1/i;1TD;. The SMILES string of the molecule is CC(C)C(=O)Nc1nc2c(ncn2[C@@H]2O[C@H](CO)C(O)[C@@H]2O)c(=O)[nH]1.S=S=S=S=S.[2H]C([3H])Cl. The van der Waals surface area contributed by atoms with Crippen molar-refractivity contribution in [3.63, 3.8) is 0 Å². The van der Waals surface area contributed by atoms with Crippen LogP contribution in [-0.4, -0.2) is 72.0 Å². The summed E-state index contributed by atoms with van der Waals surface area (Å²) in [5.74, 6) is -0.711. The Kier molecular flexibility index (Phi) is 11.5. The zero-order valence-corrected chi connectivity index (χ0v) is 21.4. The number of aromatic nitrogens is 4. The van der Waals surface area contributed by atoms with Gasteiger partial charge in [-0.25, -0.2) is 4.98 Å². The van der Waals surface area contributed by atoms with Crippen molar-refractivity contribution in [2.24, 2.45) is 5.92 Å². The number of amides is 1. The van der Waals surface area contributed by atoms with Gasteiger partial charge in [0.15, 0.2) is 17.4 Å². The predicted octanol–water partition coefficient (Wildman–Crippen LogP) is -0.831. The number of imidazole rings is 1. The molecule has 0 radical (unpaired) electrons. The first-order valence-corrected chi connectivity index (χ1v) is 14.4. The average molecular weight is 567 g/mol. The molecule has 1 aliphatic heterocycles. The number of alkyl halides is 1. The van der Waals surface area contributed by atoms with Gasteiger partial charge in [-0.3, -0.25) is 24.5 Å². The smallest absolute Gasteiger partial charge is 0.280 e. The molecule has 1 aliphatic rings. The summed E-state index contributed by atoms with van der Waals surface area (Å²) in [5, 5.41) is 31.7. The third-order valence-corrected chi connectivity index (χ3v) is 8.49. The molecule has 17 heteroatoms. The summed E-state index contributed by atoms with van der Waals surface area (Å²) in [7, 11) is 3.95. The van der Waals surface area contributed by atoms with E-state index in [0.29, 0.717) is 0 Å². The van der Waals surface area contributed by atoms with Crippen molar-refractivity contribution >= 4 is 83.6 Å². The van der Waals surface area contributed by atoms with Crippen LogP contribution < -0.4 is 10.9 Å². The fourth-order valence-corrected chi connectivity index (χ4v) is 5.30. The van der Waals surface area contributed by atoms with E-state index in [1.807, 2.05) is 0 Å². The van der Waals surface area contributed by atoms with E-state index in [1.165, 1.54) is 37.5 Å². The summed E-state index contributed by atoms with van der Waals surface area (Å²) in [5.41, 5.74) is -0.521. The van der Waals surface area contributed by atoms with E-state index in [4.69, 9.17) is 7.48 Å². The van der Waals surface area contributed by atoms with Crippen LogP contribution >= 0.6 is 11.6 Å². The second kappa shape index (κ2) is 14.3. The summed E-state index contributed by atoms with van der Waals surface area (Å²) >= 11 is 13.5. The van der Waals surface area contributed by atoms with E-state index in [9.17, 15) is 24.9 Å². The van der Waals surface area contributed by atoms with Gasteiger partial charge in [0.25, 0.3) is 5.56 Å². The highest BCUT2D eigenvalue weighted by molar-refractivity contribution is 8.59. The van der Waals surface area contributed by atoms with Crippen LogP contribution in [0.1, 0.15) is 22.8 Å². The number of fused-ring (bicyclic) bond motifs is 1. The molecule has 5 N–H and O–H groups in total. The Morgan fingerprint density at radius 1 is 1.50 bits per heavy atom. The molecular formula is C15H22ClN5O6S5. The van der Waals surface area contributed by atoms with Crippen LogP contribution in [0.4, 0.5) is 5.95 Å². The topological polar surface area (TPSA) is 163 Å². The first-order chi connectivity index (χ1) is 16.0. The van der Waals surface area contributed by atoms with Crippen LogP contribution in [0, 0.1) is 5.92 Å². The minimum absolute atomic E-state index is 0.0136. The van der Waals surface area contributed by atoms with E-state index < -0.39 is 43.0 Å². The number of halogens is 1. The Bertz CT molecular complexity index is 1140. The Hall–Kier alpha value is -0.950. The highest BCUT2D eigenvalue weighted by Gasteiger charge is 2.44. The fourth-order valence-electron chi connectivity index (χ4n) is 2.55. The van der Waals surface area contributed by atoms with Crippen LogP contribution in [0.3, 0.4) is 0 Å². The van der Waals surface area contributed by atoms with Crippen LogP contribution in [-0.2, 0) is 58.5 Å². The number of ether oxygens (including phenoxy) is 1. The Labute approximate surface area is 209 Å². The fraction of sp³-hybridized carbons (Fsp3) is 0.600. The number of aliphatic hydroxyl groups is 3. The molecule has 180 valence electrons. The quantitative estimate of drug-likeness (QED) is 0.295. The third-order valence-electron chi connectivity index (χ3n) is 4.05. The molecule has 0 aliphatic carbocycles. The number of carbonyl (C=O) groups is 1. The number of hydrogen-bond donors (Lipinski definition) is 5. The van der Waals surface area contributed by atoms with E-state index in [0.717, 1.165) is 0 Å². The lowest BCUT2D eigenvalue weighted by molar-refractivity contribution is -0.118. The molecule has 0 aromatic carbocycles. The molecule has 1 amide bonds. The number of hydrogen-bond acceptors (Lipinski definition) is 10. The van der Waals surface area contributed by atoms with Crippen molar-refractivity contribution in [3.05, 3.63) is 16.7 Å². The van der Waals surface area contributed by atoms with Crippen LogP contribution in [0.15, 0.2) is 11.1 Å². The van der Waals surface area contributed by atoms with Gasteiger partial charge in [-0.05, 0) is 0 Å². The van der Waals surface area contributed by atoms with Crippen molar-refractivity contribution < 1.29 is 27.6 Å². The lowest BCUT2D eigenvalue weighted by Crippen LogP contribution is -2.33. The van der Waals surface area contributed by atoms with Crippen LogP contribution in [0.2, 0.25) is 0 Å². The van der Waals surface area contributed by atoms with Gasteiger partial charge in [0, 0.05) is 64.0 Å². The average Bonchev–Trinajstić information content (AvgIpc) is 3.30. The number of nitrogens with zero attached hydrogens (tertiary/aromatic N) is 3. The van der Waals surface area contributed by atoms with E-state index >= 15 is 0 Å². The number of rotatable bonds is 4. The van der Waals surface area contributed by atoms with Crippen LogP contribution in [0.25, 0.3) is 11.2 Å². The molecule has 5 atom stereocenters. The van der Waals surface area contributed by atoms with Gasteiger partial charge < -0.3 is 20.1 Å². The molecule has 11 nitrogen and oxygen atoms in total. The molecule has 0 bridgehead atoms. The normalized spacial score (nSPS) is 23.6. The summed E-state index contributed by atoms with van der Waals surface area (Å²) in [6.45, 7) is 2.90. The molecule has 0 saturated carbocycles. The van der Waals surface area contributed by atoms with E-state index in [-0.39, 0.29) is 28.9 Å². The number of aromatic amines is 1. The zero-order valence-electron chi connectivity index (χ0n) is 18.6. The van der Waals surface area contributed by atoms with Crippen molar-refractivity contribution in [2.75, 3.05) is 18.3 Å². The minimum atomic E-state index is -1.34. The number of nitrogens with one attached hydrogen (secondary N) is 2. The molecular weight excluding hydrogens is 542 g/mol. The second-order valence-corrected chi connectivity index (χ2v) is 11.6. The van der Waals surface area contributed by atoms with E-state index in [2.05, 4.69) is 54.2 Å². The highest BCUT2D eigenvalue weighted by atomic mass is 35.5. The Balaban J connectivity index is 0.000000550. The maximum absolute atomic E-state index is 12.1. The number of H-pyrrole nitrogens is 1. The van der Waals surface area contributed by atoms with Crippen molar-refractivity contribution in [3.8, 4) is 0 Å². The highest BCUT2D eigenvalue weighted by Crippen LogP contribution is 2.30. The molecule has 1 saturated heterocycles. The first kappa shape index (κ1) is 25.7. The number of aliphatic hydroxyl groups excluding tert-OH is 3. The summed E-state index contributed by atoms with van der Waals surface area (Å²) in [6.07, 6.45) is -4.65. The van der Waals surface area contributed by atoms with Crippen molar-refractivity contribution in [1.29, 1.82) is 0 Å². The lowest BCUT2D eigenvalue weighted by atomic mass is 10.1. The van der Waals surface area contributed by atoms with Gasteiger partial charge in [-0.15, -0.1) is 11.6 Å². The van der Waals surface area contributed by atoms with Gasteiger partial charge in [0.2, 0.25) is 11.9 Å². The van der Waals surface area contributed by atoms with Gasteiger partial charge in [0.05, 0.1) is 12.9 Å². The van der Waals surface area contributed by atoms with Gasteiger partial charge in [-0.1, -0.05) is 13.8 Å². The molecule has 2 aromatic heterocycles. The Morgan fingerprint density at radius 2 is 2.12 bits per heavy atom. The maximum Gasteiger partial charge on any atom is 0.280 e. The zero-order chi connectivity index (χ0) is 26.0. The van der Waals surface area contributed by atoms with Gasteiger partial charge in [0.1, 0.15) is 18.3 Å². The maximum atomic E-state index is 12.1. The monoisotopic (exact) mass is 566 g/mol. The van der Waals surface area contributed by atoms with Gasteiger partial charge in [-0.2, -0.15) is 4.98 Å². The Morgan fingerprint density at radius 3 is 2.59 bits per heavy atom. The number of carbonyl (C=O) groups excluding carboxylic acids is 1. The summed E-state index contributed by atoms with van der Waals surface area (Å²) in [6, 6.07) is 0. The largest absolute Gasteiger partial charge is 0.394 e. The summed E-state index contributed by atoms with van der Waals surface area (Å²) < 4.78 is 18.7. The predicted molar refractivity (Wildman–Crippen MR) is 133 cm³/mol. The molecule has 3 rings (SSSR count). The van der Waals surface area contributed by atoms with Crippen molar-refractivity contribution in [2.45, 2.75) is 38.4 Å². The molecule has 32 heavy (non-hydrogen) atoms. The lowest BCUT2D eigenvalue weighted by Gasteiger charge is -2.16. The molecule has 3 heterocycles. The molecule has 0 spiro atoms. The first-order valence-electron chi connectivity index (χ1n) is 9.77. The summed E-state index contributed by atoms with van der Waals surface area (Å²) in [4.78, 5) is 34.4. The minimum Gasteiger partial charge on any atom is -0.394 e. The third kappa shape index (κ3) is 7.28. The number of anilines is 1. The molecule has 2 unspecified atom stereocenters. The second-order valence-electron chi connectivity index (χ2n) is 6.32. The van der Waals surface area contributed by atoms with E-state index in [1.54, 1.807) is 13.8 Å². The van der Waals surface area contributed by atoms with Gasteiger partial charge >= 0.3 is 0 Å². The van der Waals surface area contributed by atoms with Crippen molar-refractivity contribution in [1.82, 2.24) is 19.5 Å². The van der Waals surface area contributed by atoms with Crippen LogP contribution in [0.5, 0.6) is 0 Å².